The van der Waals surface area contributed by atoms with Crippen molar-refractivity contribution in [3.05, 3.63) is 60.1 Å². The highest BCUT2D eigenvalue weighted by atomic mass is 32.2. The number of nitrogens with zero attached hydrogens (tertiary/aromatic N) is 5. The molecular weight excluding hydrogens is 447 g/mol. The molecule has 2 aromatic heterocycles. The number of hydrogen-bond acceptors (Lipinski definition) is 7. The van der Waals surface area contributed by atoms with Crippen LogP contribution in [0.25, 0.3) is 0 Å². The van der Waals surface area contributed by atoms with Crippen molar-refractivity contribution in [1.29, 1.82) is 0 Å². The molecule has 1 aromatic carbocycles. The number of rotatable bonds is 9. The number of para-hydroxylation sites is 1. The maximum Gasteiger partial charge on any atom is 0.233 e. The van der Waals surface area contributed by atoms with Crippen molar-refractivity contribution in [2.45, 2.75) is 24.5 Å². The minimum absolute atomic E-state index is 0.0144. The fourth-order valence-electron chi connectivity index (χ4n) is 3.69. The lowest BCUT2D eigenvalue weighted by molar-refractivity contribution is -0.128. The van der Waals surface area contributed by atoms with Gasteiger partial charge in [0.25, 0.3) is 0 Å². The van der Waals surface area contributed by atoms with E-state index in [-0.39, 0.29) is 23.9 Å². The summed E-state index contributed by atoms with van der Waals surface area (Å²) in [6.07, 6.45) is 2.10. The largest absolute Gasteiger partial charge is 0.467 e. The third-order valence-electron chi connectivity index (χ3n) is 5.43. The van der Waals surface area contributed by atoms with Gasteiger partial charge in [-0.1, -0.05) is 23.9 Å². The van der Waals surface area contributed by atoms with E-state index in [9.17, 15) is 14.0 Å². The number of carbonyl (C=O) groups excluding carboxylic acids is 2. The number of primary amides is 1. The number of hydrogen-bond donors (Lipinski definition) is 1. The summed E-state index contributed by atoms with van der Waals surface area (Å²) >= 11 is 1.29. The number of piperazine rings is 1. The number of furan rings is 1. The van der Waals surface area contributed by atoms with Crippen LogP contribution in [0.5, 0.6) is 0 Å². The summed E-state index contributed by atoms with van der Waals surface area (Å²) in [6.45, 7) is 2.59. The van der Waals surface area contributed by atoms with Crippen LogP contribution in [-0.4, -0.2) is 63.4 Å². The first-order valence-corrected chi connectivity index (χ1v) is 11.6. The molecule has 11 heteroatoms. The number of nitrogens with two attached hydrogens (primary N) is 1. The lowest BCUT2D eigenvalue weighted by atomic mass is 10.2. The van der Waals surface area contributed by atoms with Gasteiger partial charge in [-0.3, -0.25) is 14.2 Å². The Kier molecular flexibility index (Phi) is 7.28. The van der Waals surface area contributed by atoms with Gasteiger partial charge in [0.05, 0.1) is 24.2 Å². The highest BCUT2D eigenvalue weighted by molar-refractivity contribution is 7.99. The normalized spacial score (nSPS) is 14.0. The van der Waals surface area contributed by atoms with E-state index in [2.05, 4.69) is 10.2 Å². The van der Waals surface area contributed by atoms with E-state index in [4.69, 9.17) is 10.2 Å². The molecule has 0 bridgehead atoms. The summed E-state index contributed by atoms with van der Waals surface area (Å²) in [7, 11) is 0. The predicted molar refractivity (Wildman–Crippen MR) is 121 cm³/mol. The summed E-state index contributed by atoms with van der Waals surface area (Å²) in [5.41, 5.74) is 5.84. The van der Waals surface area contributed by atoms with Gasteiger partial charge in [-0.15, -0.1) is 10.2 Å². The van der Waals surface area contributed by atoms with Crippen LogP contribution in [0.4, 0.5) is 10.1 Å². The molecule has 0 aliphatic carbocycles. The van der Waals surface area contributed by atoms with Gasteiger partial charge in [0.15, 0.2) is 5.16 Å². The Labute approximate surface area is 194 Å². The monoisotopic (exact) mass is 472 g/mol. The standard InChI is InChI=1S/C22H25FN6O3S/c23-17-5-1-2-6-18(17)27-9-11-28(12-10-27)21(31)15-33-22-26-25-20(8-7-19(24)30)29(22)14-16-4-3-13-32-16/h1-6,13H,7-12,14-15H2,(H2,24,30). The second-order valence-electron chi connectivity index (χ2n) is 7.64. The number of aryl methyl sites for hydroxylation is 1. The van der Waals surface area contributed by atoms with Gasteiger partial charge in [-0.25, -0.2) is 4.39 Å². The molecular formula is C22H25FN6O3S. The minimum atomic E-state index is -0.415. The SMILES string of the molecule is NC(=O)CCc1nnc(SCC(=O)N2CCN(c3ccccc3F)CC2)n1Cc1ccco1. The van der Waals surface area contributed by atoms with Crippen LogP contribution in [0.1, 0.15) is 18.0 Å². The van der Waals surface area contributed by atoms with Gasteiger partial charge in [-0.2, -0.15) is 0 Å². The maximum absolute atomic E-state index is 14.0. The number of aromatic nitrogens is 3. The highest BCUT2D eigenvalue weighted by Gasteiger charge is 2.24. The van der Waals surface area contributed by atoms with Gasteiger partial charge in [0.1, 0.15) is 17.4 Å². The number of carbonyl (C=O) groups is 2. The summed E-state index contributed by atoms with van der Waals surface area (Å²) in [5, 5.41) is 8.97. The molecule has 1 saturated heterocycles. The molecule has 174 valence electrons. The Bertz CT molecular complexity index is 1100. The molecule has 2 N–H and O–H groups in total. The van der Waals surface area contributed by atoms with Crippen LogP contribution in [0.2, 0.25) is 0 Å². The predicted octanol–water partition coefficient (Wildman–Crippen LogP) is 1.92. The van der Waals surface area contributed by atoms with E-state index < -0.39 is 5.91 Å². The molecule has 9 nitrogen and oxygen atoms in total. The van der Waals surface area contributed by atoms with E-state index in [0.717, 1.165) is 0 Å². The molecule has 4 rings (SSSR count). The highest BCUT2D eigenvalue weighted by Crippen LogP contribution is 2.23. The van der Waals surface area contributed by atoms with Gasteiger partial charge in [0.2, 0.25) is 11.8 Å². The number of anilines is 1. The zero-order chi connectivity index (χ0) is 23.2. The van der Waals surface area contributed by atoms with Gasteiger partial charge < -0.3 is 20.0 Å². The number of benzene rings is 1. The summed E-state index contributed by atoms with van der Waals surface area (Å²) in [6, 6.07) is 10.3. The van der Waals surface area contributed by atoms with Crippen molar-refractivity contribution in [2.24, 2.45) is 5.73 Å². The molecule has 0 atom stereocenters. The van der Waals surface area contributed by atoms with E-state index in [1.165, 1.54) is 17.8 Å². The Morgan fingerprint density at radius 1 is 1.09 bits per heavy atom. The first kappa shape index (κ1) is 22.8. The molecule has 1 fully saturated rings. The van der Waals surface area contributed by atoms with Crippen molar-refractivity contribution in [3.8, 4) is 0 Å². The molecule has 1 aliphatic heterocycles. The molecule has 0 spiro atoms. The summed E-state index contributed by atoms with van der Waals surface area (Å²) < 4.78 is 21.3. The average molecular weight is 473 g/mol. The lowest BCUT2D eigenvalue weighted by Crippen LogP contribution is -2.49. The molecule has 1 aliphatic rings. The first-order valence-electron chi connectivity index (χ1n) is 10.6. The fourth-order valence-corrected chi connectivity index (χ4v) is 4.54. The van der Waals surface area contributed by atoms with Gasteiger partial charge in [-0.05, 0) is 24.3 Å². The lowest BCUT2D eigenvalue weighted by Gasteiger charge is -2.36. The number of thioether (sulfide) groups is 1. The first-order chi connectivity index (χ1) is 16.0. The molecule has 0 saturated carbocycles. The Morgan fingerprint density at radius 2 is 1.88 bits per heavy atom. The second kappa shape index (κ2) is 10.5. The number of amides is 2. The summed E-state index contributed by atoms with van der Waals surface area (Å²) in [4.78, 5) is 27.7. The van der Waals surface area contributed by atoms with Gasteiger partial charge in [0, 0.05) is 39.0 Å². The molecule has 0 unspecified atom stereocenters. The zero-order valence-corrected chi connectivity index (χ0v) is 18.8. The van der Waals surface area contributed by atoms with Crippen LogP contribution in [0.15, 0.2) is 52.2 Å². The van der Waals surface area contributed by atoms with Crippen LogP contribution >= 0.6 is 11.8 Å². The van der Waals surface area contributed by atoms with Crippen molar-refractivity contribution in [2.75, 3.05) is 36.8 Å². The zero-order valence-electron chi connectivity index (χ0n) is 18.0. The van der Waals surface area contributed by atoms with Crippen molar-refractivity contribution < 1.29 is 18.4 Å². The quantitative estimate of drug-likeness (QED) is 0.474. The Hall–Kier alpha value is -3.34. The van der Waals surface area contributed by atoms with Crippen molar-refractivity contribution in [1.82, 2.24) is 19.7 Å². The van der Waals surface area contributed by atoms with E-state index >= 15 is 0 Å². The molecule has 2 amide bonds. The van der Waals surface area contributed by atoms with Crippen LogP contribution in [0.3, 0.4) is 0 Å². The third-order valence-corrected chi connectivity index (χ3v) is 6.38. The molecule has 3 aromatic rings. The molecule has 3 heterocycles. The maximum atomic E-state index is 14.0. The molecule has 33 heavy (non-hydrogen) atoms. The molecule has 0 radical (unpaired) electrons. The minimum Gasteiger partial charge on any atom is -0.467 e. The average Bonchev–Trinajstić information content (AvgIpc) is 3.47. The van der Waals surface area contributed by atoms with Crippen molar-refractivity contribution >= 4 is 29.3 Å². The second-order valence-corrected chi connectivity index (χ2v) is 8.58. The van der Waals surface area contributed by atoms with E-state index in [1.54, 1.807) is 29.4 Å². The van der Waals surface area contributed by atoms with Crippen LogP contribution < -0.4 is 10.6 Å². The third kappa shape index (κ3) is 5.72. The Morgan fingerprint density at radius 3 is 2.58 bits per heavy atom. The van der Waals surface area contributed by atoms with Crippen LogP contribution in [-0.2, 0) is 22.6 Å². The smallest absolute Gasteiger partial charge is 0.233 e. The Balaban J connectivity index is 1.36. The van der Waals surface area contributed by atoms with E-state index in [0.29, 0.717) is 61.6 Å². The van der Waals surface area contributed by atoms with Crippen molar-refractivity contribution in [3.63, 3.8) is 0 Å². The fraction of sp³-hybridized carbons (Fsp3) is 0.364. The summed E-state index contributed by atoms with van der Waals surface area (Å²) in [5.74, 6) is 0.842. The van der Waals surface area contributed by atoms with E-state index in [1.807, 2.05) is 21.6 Å². The van der Waals surface area contributed by atoms with Crippen LogP contribution in [0, 0.1) is 5.82 Å². The topological polar surface area (TPSA) is 110 Å². The number of halogens is 1. The van der Waals surface area contributed by atoms with Gasteiger partial charge >= 0.3 is 0 Å².